The van der Waals surface area contributed by atoms with Crippen LogP contribution in [0.25, 0.3) is 10.9 Å². The highest BCUT2D eigenvalue weighted by atomic mass is 16.1. The Morgan fingerprint density at radius 2 is 1.96 bits per heavy atom. The molecule has 23 heavy (non-hydrogen) atoms. The third-order valence-corrected chi connectivity index (χ3v) is 3.99. The van der Waals surface area contributed by atoms with E-state index in [0.29, 0.717) is 13.0 Å². The zero-order chi connectivity index (χ0) is 16.2. The average Bonchev–Trinajstić information content (AvgIpc) is 2.95. The van der Waals surface area contributed by atoms with Gasteiger partial charge >= 0.3 is 0 Å². The molecule has 0 atom stereocenters. The van der Waals surface area contributed by atoms with Crippen LogP contribution in [0.3, 0.4) is 0 Å². The van der Waals surface area contributed by atoms with Crippen LogP contribution in [-0.4, -0.2) is 15.7 Å². The number of nitrogens with zero attached hydrogens (tertiary/aromatic N) is 2. The lowest BCUT2D eigenvalue weighted by molar-refractivity contribution is -0.116. The van der Waals surface area contributed by atoms with Gasteiger partial charge in [-0.2, -0.15) is 5.10 Å². The summed E-state index contributed by atoms with van der Waals surface area (Å²) in [6.45, 7) is 4.75. The maximum Gasteiger partial charge on any atom is 0.226 e. The number of amides is 1. The van der Waals surface area contributed by atoms with Crippen molar-refractivity contribution in [3.63, 3.8) is 0 Å². The summed E-state index contributed by atoms with van der Waals surface area (Å²) in [7, 11) is 0. The van der Waals surface area contributed by atoms with Gasteiger partial charge in [0.15, 0.2) is 0 Å². The number of aryl methyl sites for hydroxylation is 3. The van der Waals surface area contributed by atoms with Gasteiger partial charge in [0.2, 0.25) is 5.91 Å². The fourth-order valence-electron chi connectivity index (χ4n) is 2.64. The summed E-state index contributed by atoms with van der Waals surface area (Å²) in [5, 5.41) is 8.42. The normalized spacial score (nSPS) is 10.9. The molecule has 0 aliphatic heterocycles. The van der Waals surface area contributed by atoms with E-state index in [1.165, 1.54) is 11.1 Å². The van der Waals surface area contributed by atoms with E-state index in [2.05, 4.69) is 42.5 Å². The van der Waals surface area contributed by atoms with Gasteiger partial charge in [-0.05, 0) is 43.2 Å². The minimum Gasteiger partial charge on any atom is -0.326 e. The molecule has 0 radical (unpaired) electrons. The molecule has 0 spiro atoms. The van der Waals surface area contributed by atoms with Crippen molar-refractivity contribution in [3.05, 3.63) is 59.8 Å². The molecule has 0 aliphatic carbocycles. The molecule has 1 aromatic heterocycles. The molecule has 1 heterocycles. The molecule has 0 aliphatic rings. The van der Waals surface area contributed by atoms with E-state index in [4.69, 9.17) is 0 Å². The number of carbonyl (C=O) groups excluding carboxylic acids is 1. The molecule has 2 aromatic carbocycles. The number of rotatable bonds is 5. The number of aromatic nitrogens is 2. The minimum absolute atomic E-state index is 0.00464. The molecular formula is C19H21N3O. The predicted molar refractivity (Wildman–Crippen MR) is 93.5 cm³/mol. The largest absolute Gasteiger partial charge is 0.326 e. The number of nitrogens with one attached hydrogen (secondary N) is 1. The van der Waals surface area contributed by atoms with Crippen LogP contribution < -0.4 is 5.32 Å². The molecule has 3 aromatic rings. The first kappa shape index (κ1) is 15.3. The van der Waals surface area contributed by atoms with E-state index in [-0.39, 0.29) is 5.91 Å². The van der Waals surface area contributed by atoms with Crippen molar-refractivity contribution in [2.75, 3.05) is 5.32 Å². The first-order valence-corrected chi connectivity index (χ1v) is 7.96. The topological polar surface area (TPSA) is 46.9 Å². The van der Waals surface area contributed by atoms with Crippen LogP contribution in [0.2, 0.25) is 0 Å². The van der Waals surface area contributed by atoms with E-state index in [1.54, 1.807) is 0 Å². The second-order valence-electron chi connectivity index (χ2n) is 5.78. The molecule has 0 unspecified atom stereocenters. The molecule has 3 rings (SSSR count). The number of hydrogen-bond donors (Lipinski definition) is 1. The maximum absolute atomic E-state index is 12.1. The fourth-order valence-corrected chi connectivity index (χ4v) is 2.64. The molecule has 1 N–H and O–H groups in total. The van der Waals surface area contributed by atoms with Crippen LogP contribution >= 0.6 is 0 Å². The third-order valence-electron chi connectivity index (χ3n) is 3.99. The van der Waals surface area contributed by atoms with E-state index >= 15 is 0 Å². The number of benzene rings is 2. The third kappa shape index (κ3) is 3.59. The minimum atomic E-state index is 0.00464. The lowest BCUT2D eigenvalue weighted by Gasteiger charge is -2.07. The molecule has 4 heteroatoms. The van der Waals surface area contributed by atoms with Crippen molar-refractivity contribution in [3.8, 4) is 0 Å². The van der Waals surface area contributed by atoms with Crippen LogP contribution in [0.4, 0.5) is 5.69 Å². The number of fused-ring (bicyclic) bond motifs is 1. The van der Waals surface area contributed by atoms with E-state index < -0.39 is 0 Å². The van der Waals surface area contributed by atoms with Crippen molar-refractivity contribution in [1.29, 1.82) is 0 Å². The van der Waals surface area contributed by atoms with Crippen molar-refractivity contribution in [2.45, 2.75) is 33.2 Å². The first-order valence-electron chi connectivity index (χ1n) is 7.96. The van der Waals surface area contributed by atoms with E-state index in [1.807, 2.05) is 35.1 Å². The molecule has 0 fully saturated rings. The Balaban J connectivity index is 1.61. The highest BCUT2D eigenvalue weighted by Gasteiger charge is 2.06. The van der Waals surface area contributed by atoms with E-state index in [0.717, 1.165) is 23.0 Å². The Kier molecular flexibility index (Phi) is 4.42. The van der Waals surface area contributed by atoms with Crippen LogP contribution in [-0.2, 0) is 17.8 Å². The zero-order valence-electron chi connectivity index (χ0n) is 13.5. The summed E-state index contributed by atoms with van der Waals surface area (Å²) in [5.74, 6) is 0.00464. The Hall–Kier alpha value is -2.62. The molecule has 0 bridgehead atoms. The predicted octanol–water partition coefficient (Wildman–Crippen LogP) is 3.94. The van der Waals surface area contributed by atoms with Crippen molar-refractivity contribution in [1.82, 2.24) is 9.78 Å². The Morgan fingerprint density at radius 3 is 2.70 bits per heavy atom. The molecule has 1 amide bonds. The second-order valence-corrected chi connectivity index (χ2v) is 5.78. The quantitative estimate of drug-likeness (QED) is 0.776. The fraction of sp³-hybridized carbons (Fsp3) is 0.263. The van der Waals surface area contributed by atoms with Gasteiger partial charge in [0.1, 0.15) is 0 Å². The number of anilines is 1. The van der Waals surface area contributed by atoms with Crippen LogP contribution in [0.15, 0.2) is 48.7 Å². The van der Waals surface area contributed by atoms with Crippen molar-refractivity contribution in [2.24, 2.45) is 0 Å². The average molecular weight is 307 g/mol. The van der Waals surface area contributed by atoms with Gasteiger partial charge in [-0.1, -0.05) is 30.7 Å². The summed E-state index contributed by atoms with van der Waals surface area (Å²) >= 11 is 0. The number of carbonyl (C=O) groups is 1. The first-order chi connectivity index (χ1) is 11.2. The lowest BCUT2D eigenvalue weighted by atomic mass is 10.1. The van der Waals surface area contributed by atoms with Gasteiger partial charge in [0.05, 0.1) is 18.3 Å². The van der Waals surface area contributed by atoms with Crippen LogP contribution in [0, 0.1) is 6.92 Å². The molecule has 118 valence electrons. The van der Waals surface area contributed by atoms with Gasteiger partial charge in [0.25, 0.3) is 0 Å². The zero-order valence-corrected chi connectivity index (χ0v) is 13.5. The molecule has 4 nitrogen and oxygen atoms in total. The monoisotopic (exact) mass is 307 g/mol. The van der Waals surface area contributed by atoms with Gasteiger partial charge in [-0.3, -0.25) is 9.48 Å². The van der Waals surface area contributed by atoms with Gasteiger partial charge in [0, 0.05) is 17.5 Å². The standard InChI is InChI=1S/C19H21N3O/c1-3-15-5-7-17(8-6-15)21-19(23)10-11-22-18-9-4-14(2)12-16(18)13-20-22/h4-9,12-13H,3,10-11H2,1-2H3,(H,21,23). The molecule has 0 saturated heterocycles. The summed E-state index contributed by atoms with van der Waals surface area (Å²) in [6, 6.07) is 14.2. The summed E-state index contributed by atoms with van der Waals surface area (Å²) < 4.78 is 1.88. The van der Waals surface area contributed by atoms with Gasteiger partial charge in [-0.15, -0.1) is 0 Å². The maximum atomic E-state index is 12.1. The highest BCUT2D eigenvalue weighted by molar-refractivity contribution is 5.90. The summed E-state index contributed by atoms with van der Waals surface area (Å²) in [4.78, 5) is 12.1. The van der Waals surface area contributed by atoms with Gasteiger partial charge in [-0.25, -0.2) is 0 Å². The number of hydrogen-bond acceptors (Lipinski definition) is 2. The summed E-state index contributed by atoms with van der Waals surface area (Å²) in [5.41, 5.74) is 4.38. The molecule has 0 saturated carbocycles. The van der Waals surface area contributed by atoms with Gasteiger partial charge < -0.3 is 5.32 Å². The Bertz CT molecular complexity index is 818. The Labute approximate surface area is 136 Å². The van der Waals surface area contributed by atoms with E-state index in [9.17, 15) is 4.79 Å². The van der Waals surface area contributed by atoms with Crippen molar-refractivity contribution < 1.29 is 4.79 Å². The van der Waals surface area contributed by atoms with Crippen LogP contribution in [0.1, 0.15) is 24.5 Å². The SMILES string of the molecule is CCc1ccc(NC(=O)CCn2ncc3cc(C)ccc32)cc1. The van der Waals surface area contributed by atoms with Crippen LogP contribution in [0.5, 0.6) is 0 Å². The summed E-state index contributed by atoms with van der Waals surface area (Å²) in [6.07, 6.45) is 3.25. The molecular weight excluding hydrogens is 286 g/mol. The highest BCUT2D eigenvalue weighted by Crippen LogP contribution is 2.16. The lowest BCUT2D eigenvalue weighted by Crippen LogP contribution is -2.15. The Morgan fingerprint density at radius 1 is 1.17 bits per heavy atom. The smallest absolute Gasteiger partial charge is 0.226 e. The van der Waals surface area contributed by atoms with Crippen molar-refractivity contribution >= 4 is 22.5 Å². The second kappa shape index (κ2) is 6.65.